The first-order valence-corrected chi connectivity index (χ1v) is 10.9. The maximum atomic E-state index is 13.2. The van der Waals surface area contributed by atoms with Gasteiger partial charge in [-0.2, -0.15) is 0 Å². The number of aromatic hydroxyl groups is 1. The summed E-state index contributed by atoms with van der Waals surface area (Å²) in [5.41, 5.74) is 0.775. The number of phenols is 1. The average Bonchev–Trinajstić information content (AvgIpc) is 3.05. The first kappa shape index (κ1) is 22.7. The van der Waals surface area contributed by atoms with Gasteiger partial charge in [-0.3, -0.25) is 14.5 Å². The Morgan fingerprint density at radius 2 is 1.79 bits per heavy atom. The summed E-state index contributed by atoms with van der Waals surface area (Å²) in [5.74, 6) is -1.79. The van der Waals surface area contributed by atoms with Gasteiger partial charge < -0.3 is 14.9 Å². The van der Waals surface area contributed by atoms with Crippen molar-refractivity contribution in [3.05, 3.63) is 93.5 Å². The van der Waals surface area contributed by atoms with E-state index in [9.17, 15) is 19.8 Å². The molecule has 1 unspecified atom stereocenters. The third kappa shape index (κ3) is 4.27. The quantitative estimate of drug-likeness (QED) is 0.275. The van der Waals surface area contributed by atoms with E-state index in [1.54, 1.807) is 42.5 Å². The molecule has 1 aliphatic heterocycles. The van der Waals surface area contributed by atoms with Crippen LogP contribution in [0.5, 0.6) is 11.5 Å². The van der Waals surface area contributed by atoms with Gasteiger partial charge in [0.25, 0.3) is 11.7 Å². The summed E-state index contributed by atoms with van der Waals surface area (Å²) in [6, 6.07) is 16.3. The fourth-order valence-electron chi connectivity index (χ4n) is 3.82. The highest BCUT2D eigenvalue weighted by atomic mass is 35.5. The van der Waals surface area contributed by atoms with Crippen molar-refractivity contribution in [3.63, 3.8) is 0 Å². The van der Waals surface area contributed by atoms with Gasteiger partial charge in [-0.05, 0) is 61.0 Å². The van der Waals surface area contributed by atoms with E-state index in [-0.39, 0.29) is 21.9 Å². The lowest BCUT2D eigenvalue weighted by Gasteiger charge is -2.25. The highest BCUT2D eigenvalue weighted by molar-refractivity contribution is 6.52. The fraction of sp³-hybridized carbons (Fsp3) is 0.120. The number of Topliss-reactive ketones (excluding diaryl/α,β-unsaturated/α-hetero) is 1. The molecule has 33 heavy (non-hydrogen) atoms. The standard InChI is InChI=1S/C25H19Cl2NO5/c1-2-33-18-9-10-20(27)19(13-18)23(30)21-22(14-5-3-8-17(29)11-14)28(25(32)24(21)31)16-7-4-6-15(26)12-16/h3-13,22,29-30H,2H2,1H3/b23-21+. The smallest absolute Gasteiger partial charge is 0.300 e. The second kappa shape index (κ2) is 9.17. The number of ether oxygens (including phenoxy) is 1. The van der Waals surface area contributed by atoms with Crippen LogP contribution in [0, 0.1) is 0 Å². The largest absolute Gasteiger partial charge is 0.508 e. The molecule has 1 heterocycles. The third-order valence-corrected chi connectivity index (χ3v) is 5.79. The number of ketones is 1. The van der Waals surface area contributed by atoms with E-state index < -0.39 is 23.5 Å². The zero-order chi connectivity index (χ0) is 23.7. The van der Waals surface area contributed by atoms with Crippen LogP contribution in [0.1, 0.15) is 24.1 Å². The van der Waals surface area contributed by atoms with Crippen molar-refractivity contribution in [1.82, 2.24) is 0 Å². The Kier molecular flexibility index (Phi) is 6.31. The number of benzene rings is 3. The molecule has 4 rings (SSSR count). The van der Waals surface area contributed by atoms with Crippen LogP contribution >= 0.6 is 23.2 Å². The molecule has 3 aromatic carbocycles. The number of carbonyl (C=O) groups is 2. The molecule has 0 bridgehead atoms. The van der Waals surface area contributed by atoms with Crippen LogP contribution < -0.4 is 9.64 Å². The number of nitrogens with zero attached hydrogens (tertiary/aromatic N) is 1. The molecule has 6 nitrogen and oxygen atoms in total. The van der Waals surface area contributed by atoms with E-state index >= 15 is 0 Å². The zero-order valence-corrected chi connectivity index (χ0v) is 19.0. The van der Waals surface area contributed by atoms with E-state index in [2.05, 4.69) is 0 Å². The number of rotatable bonds is 5. The van der Waals surface area contributed by atoms with Gasteiger partial charge in [-0.1, -0.05) is 41.4 Å². The van der Waals surface area contributed by atoms with Crippen molar-refractivity contribution in [2.45, 2.75) is 13.0 Å². The number of amides is 1. The number of carbonyl (C=O) groups excluding carboxylic acids is 2. The van der Waals surface area contributed by atoms with Crippen molar-refractivity contribution >= 4 is 46.3 Å². The van der Waals surface area contributed by atoms with Gasteiger partial charge in [-0.25, -0.2) is 0 Å². The lowest BCUT2D eigenvalue weighted by molar-refractivity contribution is -0.132. The molecule has 1 fully saturated rings. The summed E-state index contributed by atoms with van der Waals surface area (Å²) in [6.45, 7) is 2.21. The van der Waals surface area contributed by atoms with Crippen molar-refractivity contribution in [3.8, 4) is 11.5 Å². The molecular weight excluding hydrogens is 465 g/mol. The highest BCUT2D eigenvalue weighted by Gasteiger charge is 2.47. The second-order valence-corrected chi connectivity index (χ2v) is 8.16. The van der Waals surface area contributed by atoms with Crippen LogP contribution in [-0.2, 0) is 9.59 Å². The van der Waals surface area contributed by atoms with Crippen LogP contribution in [0.25, 0.3) is 5.76 Å². The maximum absolute atomic E-state index is 13.2. The van der Waals surface area contributed by atoms with Crippen LogP contribution in [0.3, 0.4) is 0 Å². The Morgan fingerprint density at radius 1 is 1.03 bits per heavy atom. The van der Waals surface area contributed by atoms with Gasteiger partial charge in [0.2, 0.25) is 0 Å². The molecule has 168 valence electrons. The zero-order valence-electron chi connectivity index (χ0n) is 17.5. The number of hydrogen-bond acceptors (Lipinski definition) is 5. The van der Waals surface area contributed by atoms with Gasteiger partial charge in [0.15, 0.2) is 0 Å². The normalized spacial score (nSPS) is 17.4. The summed E-state index contributed by atoms with van der Waals surface area (Å²) in [6.07, 6.45) is 0. The molecule has 1 atom stereocenters. The minimum Gasteiger partial charge on any atom is -0.508 e. The van der Waals surface area contributed by atoms with Crippen LogP contribution in [0.4, 0.5) is 5.69 Å². The lowest BCUT2D eigenvalue weighted by Crippen LogP contribution is -2.29. The third-order valence-electron chi connectivity index (χ3n) is 5.22. The molecule has 2 N–H and O–H groups in total. The molecule has 8 heteroatoms. The molecule has 0 saturated carbocycles. The lowest BCUT2D eigenvalue weighted by atomic mass is 9.95. The summed E-state index contributed by atoms with van der Waals surface area (Å²) in [5, 5.41) is 21.9. The van der Waals surface area contributed by atoms with E-state index in [4.69, 9.17) is 27.9 Å². The number of anilines is 1. The van der Waals surface area contributed by atoms with Crippen LogP contribution in [0.15, 0.2) is 72.3 Å². The molecule has 1 saturated heterocycles. The number of aliphatic hydroxyl groups is 1. The average molecular weight is 484 g/mol. The molecule has 1 amide bonds. The topological polar surface area (TPSA) is 87.1 Å². The summed E-state index contributed by atoms with van der Waals surface area (Å²) < 4.78 is 5.49. The molecule has 0 radical (unpaired) electrons. The first-order chi connectivity index (χ1) is 15.8. The predicted octanol–water partition coefficient (Wildman–Crippen LogP) is 5.72. The van der Waals surface area contributed by atoms with Crippen molar-refractivity contribution in [1.29, 1.82) is 0 Å². The Balaban J connectivity index is 1.97. The monoisotopic (exact) mass is 483 g/mol. The van der Waals surface area contributed by atoms with E-state index in [0.29, 0.717) is 28.6 Å². The summed E-state index contributed by atoms with van der Waals surface area (Å²) in [7, 11) is 0. The molecule has 3 aromatic rings. The second-order valence-electron chi connectivity index (χ2n) is 7.32. The molecule has 1 aliphatic rings. The number of halogens is 2. The van der Waals surface area contributed by atoms with E-state index in [1.165, 1.54) is 29.2 Å². The molecule has 0 aromatic heterocycles. The SMILES string of the molecule is CCOc1ccc(Cl)c(/C(O)=C2\C(=O)C(=O)N(c3cccc(Cl)c3)C2c2cccc(O)c2)c1. The Hall–Kier alpha value is -3.48. The van der Waals surface area contributed by atoms with Crippen molar-refractivity contribution in [2.75, 3.05) is 11.5 Å². The molecule has 0 aliphatic carbocycles. The van der Waals surface area contributed by atoms with Gasteiger partial charge >= 0.3 is 0 Å². The minimum atomic E-state index is -1.03. The number of hydrogen-bond donors (Lipinski definition) is 2. The van der Waals surface area contributed by atoms with Crippen LogP contribution in [0.2, 0.25) is 10.0 Å². The summed E-state index contributed by atoms with van der Waals surface area (Å²) >= 11 is 12.5. The Morgan fingerprint density at radius 3 is 2.48 bits per heavy atom. The maximum Gasteiger partial charge on any atom is 0.300 e. The number of aliphatic hydroxyl groups excluding tert-OH is 1. The van der Waals surface area contributed by atoms with E-state index in [1.807, 2.05) is 6.92 Å². The Bertz CT molecular complexity index is 1290. The van der Waals surface area contributed by atoms with Crippen molar-refractivity contribution in [2.24, 2.45) is 0 Å². The first-order valence-electron chi connectivity index (χ1n) is 10.1. The fourth-order valence-corrected chi connectivity index (χ4v) is 4.21. The Labute approximate surface area is 200 Å². The van der Waals surface area contributed by atoms with Crippen LogP contribution in [-0.4, -0.2) is 28.5 Å². The molecular formula is C25H19Cl2NO5. The predicted molar refractivity (Wildman–Crippen MR) is 127 cm³/mol. The highest BCUT2D eigenvalue weighted by Crippen LogP contribution is 2.44. The number of phenolic OH excluding ortho intramolecular Hbond substituents is 1. The molecule has 0 spiro atoms. The van der Waals surface area contributed by atoms with E-state index in [0.717, 1.165) is 0 Å². The minimum absolute atomic E-state index is 0.0550. The van der Waals surface area contributed by atoms with Gasteiger partial charge in [-0.15, -0.1) is 0 Å². The van der Waals surface area contributed by atoms with Gasteiger partial charge in [0.05, 0.1) is 23.2 Å². The van der Waals surface area contributed by atoms with Gasteiger partial charge in [0, 0.05) is 16.3 Å². The summed E-state index contributed by atoms with van der Waals surface area (Å²) in [4.78, 5) is 27.6. The van der Waals surface area contributed by atoms with Crippen molar-refractivity contribution < 1.29 is 24.5 Å². The van der Waals surface area contributed by atoms with Gasteiger partial charge in [0.1, 0.15) is 17.3 Å².